The van der Waals surface area contributed by atoms with Gasteiger partial charge in [-0.15, -0.1) is 0 Å². The van der Waals surface area contributed by atoms with Crippen molar-refractivity contribution in [2.45, 2.75) is 18.9 Å². The van der Waals surface area contributed by atoms with E-state index < -0.39 is 0 Å². The quantitative estimate of drug-likeness (QED) is 0.814. The van der Waals surface area contributed by atoms with Gasteiger partial charge in [-0.25, -0.2) is 4.98 Å². The van der Waals surface area contributed by atoms with Crippen molar-refractivity contribution >= 4 is 17.1 Å². The van der Waals surface area contributed by atoms with Gasteiger partial charge in [0, 0.05) is 25.3 Å². The van der Waals surface area contributed by atoms with Gasteiger partial charge in [0.2, 0.25) is 5.95 Å². The van der Waals surface area contributed by atoms with Crippen LogP contribution in [0.15, 0.2) is 18.3 Å². The molecule has 5 heteroatoms. The van der Waals surface area contributed by atoms with Gasteiger partial charge in [0.25, 0.3) is 0 Å². The number of pyridine rings is 1. The van der Waals surface area contributed by atoms with E-state index in [4.69, 9.17) is 0 Å². The van der Waals surface area contributed by atoms with Crippen molar-refractivity contribution in [1.82, 2.24) is 20.3 Å². The SMILES string of the molecule is CN[C@@H]1CCCN(c2nc3ncccc3[nH]2)C1. The second-order valence-corrected chi connectivity index (χ2v) is 4.51. The Morgan fingerprint density at radius 3 is 3.29 bits per heavy atom. The van der Waals surface area contributed by atoms with Crippen LogP contribution in [0.1, 0.15) is 12.8 Å². The molecule has 0 saturated carbocycles. The van der Waals surface area contributed by atoms with Crippen LogP contribution in [0.2, 0.25) is 0 Å². The van der Waals surface area contributed by atoms with Crippen LogP contribution in [-0.4, -0.2) is 41.1 Å². The van der Waals surface area contributed by atoms with E-state index in [9.17, 15) is 0 Å². The Labute approximate surface area is 100 Å². The first-order valence-corrected chi connectivity index (χ1v) is 6.10. The highest BCUT2D eigenvalue weighted by Crippen LogP contribution is 2.19. The monoisotopic (exact) mass is 231 g/mol. The molecule has 5 nitrogen and oxygen atoms in total. The molecule has 0 aliphatic carbocycles. The van der Waals surface area contributed by atoms with E-state index in [1.54, 1.807) is 6.20 Å². The normalized spacial score (nSPS) is 21.0. The van der Waals surface area contributed by atoms with Crippen molar-refractivity contribution in [3.63, 3.8) is 0 Å². The first-order chi connectivity index (χ1) is 8.36. The number of anilines is 1. The number of nitrogens with one attached hydrogen (secondary N) is 2. The highest BCUT2D eigenvalue weighted by atomic mass is 15.3. The van der Waals surface area contributed by atoms with Gasteiger partial charge in [-0.3, -0.25) is 0 Å². The summed E-state index contributed by atoms with van der Waals surface area (Å²) >= 11 is 0. The molecule has 0 amide bonds. The summed E-state index contributed by atoms with van der Waals surface area (Å²) in [4.78, 5) is 14.4. The minimum atomic E-state index is 0.560. The average Bonchev–Trinajstić information content (AvgIpc) is 2.82. The lowest BCUT2D eigenvalue weighted by molar-refractivity contribution is 0.446. The fourth-order valence-corrected chi connectivity index (χ4v) is 2.39. The van der Waals surface area contributed by atoms with E-state index in [1.165, 1.54) is 12.8 Å². The molecule has 1 atom stereocenters. The molecule has 2 N–H and O–H groups in total. The lowest BCUT2D eigenvalue weighted by atomic mass is 10.1. The molecule has 0 radical (unpaired) electrons. The second-order valence-electron chi connectivity index (χ2n) is 4.51. The van der Waals surface area contributed by atoms with Gasteiger partial charge >= 0.3 is 0 Å². The molecule has 1 aliphatic rings. The fourth-order valence-electron chi connectivity index (χ4n) is 2.39. The molecule has 2 aromatic rings. The molecule has 0 spiro atoms. The summed E-state index contributed by atoms with van der Waals surface area (Å²) < 4.78 is 0. The van der Waals surface area contributed by atoms with E-state index in [2.05, 4.69) is 25.2 Å². The smallest absolute Gasteiger partial charge is 0.205 e. The average molecular weight is 231 g/mol. The summed E-state index contributed by atoms with van der Waals surface area (Å²) in [5.41, 5.74) is 1.81. The summed E-state index contributed by atoms with van der Waals surface area (Å²) in [6.45, 7) is 2.08. The molecule has 90 valence electrons. The zero-order chi connectivity index (χ0) is 11.7. The number of nitrogens with zero attached hydrogens (tertiary/aromatic N) is 3. The Kier molecular flexibility index (Phi) is 2.68. The largest absolute Gasteiger partial charge is 0.341 e. The Balaban J connectivity index is 1.87. The Morgan fingerprint density at radius 1 is 1.53 bits per heavy atom. The number of piperidine rings is 1. The van der Waals surface area contributed by atoms with Crippen molar-refractivity contribution < 1.29 is 0 Å². The number of hydrogen-bond acceptors (Lipinski definition) is 4. The number of aromatic nitrogens is 3. The van der Waals surface area contributed by atoms with Crippen molar-refractivity contribution in [2.24, 2.45) is 0 Å². The molecule has 0 bridgehead atoms. The second kappa shape index (κ2) is 4.33. The molecule has 1 fully saturated rings. The third-order valence-corrected chi connectivity index (χ3v) is 3.37. The van der Waals surface area contributed by atoms with Crippen molar-refractivity contribution in [2.75, 3.05) is 25.0 Å². The zero-order valence-corrected chi connectivity index (χ0v) is 9.98. The van der Waals surface area contributed by atoms with Gasteiger partial charge in [0.15, 0.2) is 5.65 Å². The Hall–Kier alpha value is -1.62. The fraction of sp³-hybridized carbons (Fsp3) is 0.500. The maximum atomic E-state index is 4.54. The van der Waals surface area contributed by atoms with Crippen LogP contribution in [0.25, 0.3) is 11.2 Å². The van der Waals surface area contributed by atoms with E-state index in [0.29, 0.717) is 6.04 Å². The predicted molar refractivity (Wildman–Crippen MR) is 68.2 cm³/mol. The van der Waals surface area contributed by atoms with Crippen LogP contribution >= 0.6 is 0 Å². The number of hydrogen-bond donors (Lipinski definition) is 2. The van der Waals surface area contributed by atoms with Crippen molar-refractivity contribution in [3.05, 3.63) is 18.3 Å². The summed E-state index contributed by atoms with van der Waals surface area (Å²) in [6, 6.07) is 4.50. The molecular weight excluding hydrogens is 214 g/mol. The molecule has 3 rings (SSSR count). The topological polar surface area (TPSA) is 56.8 Å². The predicted octanol–water partition coefficient (Wildman–Crippen LogP) is 1.15. The molecule has 17 heavy (non-hydrogen) atoms. The lowest BCUT2D eigenvalue weighted by Crippen LogP contribution is -2.44. The molecule has 0 unspecified atom stereocenters. The Morgan fingerprint density at radius 2 is 2.47 bits per heavy atom. The summed E-state index contributed by atoms with van der Waals surface area (Å²) in [5, 5.41) is 3.34. The van der Waals surface area contributed by atoms with Gasteiger partial charge in [0.05, 0.1) is 5.52 Å². The van der Waals surface area contributed by atoms with Crippen LogP contribution < -0.4 is 10.2 Å². The third kappa shape index (κ3) is 1.98. The van der Waals surface area contributed by atoms with Gasteiger partial charge in [-0.05, 0) is 32.0 Å². The van der Waals surface area contributed by atoms with Crippen LogP contribution in [0.4, 0.5) is 5.95 Å². The summed E-state index contributed by atoms with van der Waals surface area (Å²) in [6.07, 6.45) is 4.22. The number of fused-ring (bicyclic) bond motifs is 1. The van der Waals surface area contributed by atoms with Crippen LogP contribution in [0.3, 0.4) is 0 Å². The summed E-state index contributed by atoms with van der Waals surface area (Å²) in [5.74, 6) is 0.943. The molecule has 1 aliphatic heterocycles. The van der Waals surface area contributed by atoms with Crippen LogP contribution in [0, 0.1) is 0 Å². The van der Waals surface area contributed by atoms with Gasteiger partial charge in [0.1, 0.15) is 0 Å². The van der Waals surface area contributed by atoms with E-state index in [-0.39, 0.29) is 0 Å². The van der Waals surface area contributed by atoms with E-state index >= 15 is 0 Å². The standard InChI is InChI=1S/C12H17N5/c1-13-9-4-3-7-17(8-9)12-15-10-5-2-6-14-11(10)16-12/h2,5-6,9,13H,3-4,7-8H2,1H3,(H,14,15,16)/t9-/m1/s1. The highest BCUT2D eigenvalue weighted by molar-refractivity contribution is 5.73. The first kappa shape index (κ1) is 10.5. The van der Waals surface area contributed by atoms with Crippen LogP contribution in [-0.2, 0) is 0 Å². The van der Waals surface area contributed by atoms with Gasteiger partial charge < -0.3 is 15.2 Å². The van der Waals surface area contributed by atoms with Gasteiger partial charge in [-0.2, -0.15) is 4.98 Å². The maximum absolute atomic E-state index is 4.54. The molecule has 3 heterocycles. The van der Waals surface area contributed by atoms with E-state index in [0.717, 1.165) is 30.2 Å². The van der Waals surface area contributed by atoms with Gasteiger partial charge in [-0.1, -0.05) is 0 Å². The van der Waals surface area contributed by atoms with E-state index in [1.807, 2.05) is 19.2 Å². The molecule has 0 aromatic carbocycles. The number of H-pyrrole nitrogens is 1. The number of rotatable bonds is 2. The van der Waals surface area contributed by atoms with Crippen LogP contribution in [0.5, 0.6) is 0 Å². The molecule has 2 aromatic heterocycles. The first-order valence-electron chi connectivity index (χ1n) is 6.10. The number of imidazole rings is 1. The molecular formula is C12H17N5. The van der Waals surface area contributed by atoms with Crippen molar-refractivity contribution in [3.8, 4) is 0 Å². The zero-order valence-electron chi connectivity index (χ0n) is 9.98. The van der Waals surface area contributed by atoms with Crippen molar-refractivity contribution in [1.29, 1.82) is 0 Å². The maximum Gasteiger partial charge on any atom is 0.205 e. The lowest BCUT2D eigenvalue weighted by Gasteiger charge is -2.32. The minimum absolute atomic E-state index is 0.560. The highest BCUT2D eigenvalue weighted by Gasteiger charge is 2.20. The molecule has 1 saturated heterocycles. The number of aromatic amines is 1. The number of likely N-dealkylation sites (N-methyl/N-ethyl adjacent to an activating group) is 1. The third-order valence-electron chi connectivity index (χ3n) is 3.37. The summed E-state index contributed by atoms with van der Waals surface area (Å²) in [7, 11) is 2.02. The Bertz CT molecular complexity index is 473. The minimum Gasteiger partial charge on any atom is -0.341 e.